The van der Waals surface area contributed by atoms with Crippen LogP contribution in [0.2, 0.25) is 5.02 Å². The van der Waals surface area contributed by atoms with E-state index in [1.165, 1.54) is 36.1 Å². The fraction of sp³-hybridized carbons (Fsp3) is 0.0714. The monoisotopic (exact) mass is 318 g/mol. The molecule has 8 heteroatoms. The molecule has 0 unspecified atom stereocenters. The van der Waals surface area contributed by atoms with E-state index >= 15 is 0 Å². The van der Waals surface area contributed by atoms with Gasteiger partial charge >= 0.3 is 5.97 Å². The van der Waals surface area contributed by atoms with Crippen LogP contribution in [0.1, 0.15) is 26.4 Å². The molecule has 112 valence electrons. The van der Waals surface area contributed by atoms with Crippen molar-refractivity contribution < 1.29 is 14.3 Å². The first-order chi connectivity index (χ1) is 10.4. The number of anilines is 1. The molecule has 0 aliphatic heterocycles. The SMILES string of the molecule is COC(=O)c1c(N)c(C#N)cn1-c1ccc(Cl)cc1C(N)=O. The van der Waals surface area contributed by atoms with Gasteiger partial charge in [0.2, 0.25) is 0 Å². The average Bonchev–Trinajstić information content (AvgIpc) is 2.83. The van der Waals surface area contributed by atoms with Crippen LogP contribution in [-0.4, -0.2) is 23.6 Å². The van der Waals surface area contributed by atoms with Gasteiger partial charge in [0.05, 0.1) is 29.6 Å². The third-order valence-corrected chi connectivity index (χ3v) is 3.26. The van der Waals surface area contributed by atoms with E-state index in [4.69, 9.17) is 28.3 Å². The van der Waals surface area contributed by atoms with Gasteiger partial charge in [0.25, 0.3) is 5.91 Å². The number of hydrogen-bond donors (Lipinski definition) is 2. The maximum atomic E-state index is 11.9. The number of nitriles is 1. The van der Waals surface area contributed by atoms with E-state index in [2.05, 4.69) is 4.74 Å². The summed E-state index contributed by atoms with van der Waals surface area (Å²) >= 11 is 5.86. The highest BCUT2D eigenvalue weighted by Gasteiger charge is 2.23. The van der Waals surface area contributed by atoms with Crippen LogP contribution in [0.25, 0.3) is 5.69 Å². The highest BCUT2D eigenvalue weighted by molar-refractivity contribution is 6.31. The average molecular weight is 319 g/mol. The van der Waals surface area contributed by atoms with Crippen LogP contribution in [0.4, 0.5) is 5.69 Å². The molecule has 0 bridgehead atoms. The molecule has 0 atom stereocenters. The molecule has 0 saturated carbocycles. The molecule has 1 aromatic heterocycles. The number of nitrogens with zero attached hydrogens (tertiary/aromatic N) is 2. The van der Waals surface area contributed by atoms with Gasteiger partial charge in [0, 0.05) is 11.2 Å². The third-order valence-electron chi connectivity index (χ3n) is 3.03. The number of carbonyl (C=O) groups excluding carboxylic acids is 2. The molecule has 0 aliphatic carbocycles. The number of hydrogen-bond acceptors (Lipinski definition) is 5. The number of rotatable bonds is 3. The molecule has 0 fully saturated rings. The van der Waals surface area contributed by atoms with Crippen LogP contribution in [-0.2, 0) is 4.74 Å². The summed E-state index contributed by atoms with van der Waals surface area (Å²) in [4.78, 5) is 23.5. The number of benzene rings is 1. The van der Waals surface area contributed by atoms with E-state index in [-0.39, 0.29) is 28.2 Å². The first kappa shape index (κ1) is 15.4. The second kappa shape index (κ2) is 5.79. The van der Waals surface area contributed by atoms with Crippen molar-refractivity contribution in [1.82, 2.24) is 4.57 Å². The van der Waals surface area contributed by atoms with Crippen molar-refractivity contribution in [2.24, 2.45) is 5.73 Å². The largest absolute Gasteiger partial charge is 0.464 e. The summed E-state index contributed by atoms with van der Waals surface area (Å²) in [6, 6.07) is 6.25. The lowest BCUT2D eigenvalue weighted by Gasteiger charge is -2.12. The molecule has 0 radical (unpaired) electrons. The number of aromatic nitrogens is 1. The van der Waals surface area contributed by atoms with E-state index in [1.807, 2.05) is 6.07 Å². The van der Waals surface area contributed by atoms with Crippen molar-refractivity contribution in [2.75, 3.05) is 12.8 Å². The normalized spacial score (nSPS) is 10.0. The molecular formula is C14H11ClN4O3. The number of carbonyl (C=O) groups is 2. The lowest BCUT2D eigenvalue weighted by atomic mass is 10.1. The van der Waals surface area contributed by atoms with Gasteiger partial charge in [-0.15, -0.1) is 0 Å². The van der Waals surface area contributed by atoms with Crippen LogP contribution in [0.3, 0.4) is 0 Å². The smallest absolute Gasteiger partial charge is 0.357 e. The Balaban J connectivity index is 2.81. The summed E-state index contributed by atoms with van der Waals surface area (Å²) in [5.41, 5.74) is 11.4. The summed E-state index contributed by atoms with van der Waals surface area (Å²) in [6.07, 6.45) is 1.33. The van der Waals surface area contributed by atoms with Crippen molar-refractivity contribution in [3.8, 4) is 11.8 Å². The van der Waals surface area contributed by atoms with E-state index in [9.17, 15) is 9.59 Å². The van der Waals surface area contributed by atoms with Crippen molar-refractivity contribution in [2.45, 2.75) is 0 Å². The minimum absolute atomic E-state index is 0.0419. The number of primary amides is 1. The zero-order chi connectivity index (χ0) is 16.4. The standard InChI is InChI=1S/C14H11ClN4O3/c1-22-14(21)12-11(17)7(5-16)6-19(12)10-3-2-8(15)4-9(10)13(18)20/h2-4,6H,17H2,1H3,(H2,18,20). The summed E-state index contributed by atoms with van der Waals surface area (Å²) in [5, 5.41) is 9.38. The number of amides is 1. The molecule has 1 aromatic carbocycles. The van der Waals surface area contributed by atoms with Gasteiger partial charge in [-0.1, -0.05) is 11.6 Å². The number of nitrogens with two attached hydrogens (primary N) is 2. The zero-order valence-electron chi connectivity index (χ0n) is 11.5. The maximum absolute atomic E-state index is 11.9. The fourth-order valence-electron chi connectivity index (χ4n) is 2.02. The molecule has 7 nitrogen and oxygen atoms in total. The highest BCUT2D eigenvalue weighted by atomic mass is 35.5. The Morgan fingerprint density at radius 3 is 2.64 bits per heavy atom. The predicted molar refractivity (Wildman–Crippen MR) is 79.8 cm³/mol. The second-order valence-electron chi connectivity index (χ2n) is 4.30. The van der Waals surface area contributed by atoms with Crippen molar-refractivity contribution >= 4 is 29.2 Å². The zero-order valence-corrected chi connectivity index (χ0v) is 12.2. The van der Waals surface area contributed by atoms with Crippen molar-refractivity contribution in [3.63, 3.8) is 0 Å². The van der Waals surface area contributed by atoms with Crippen LogP contribution in [0, 0.1) is 11.3 Å². The van der Waals surface area contributed by atoms with E-state index in [0.29, 0.717) is 5.02 Å². The van der Waals surface area contributed by atoms with Gasteiger partial charge in [-0.25, -0.2) is 4.79 Å². The molecule has 0 aliphatic rings. The molecule has 22 heavy (non-hydrogen) atoms. The highest BCUT2D eigenvalue weighted by Crippen LogP contribution is 2.27. The second-order valence-corrected chi connectivity index (χ2v) is 4.74. The molecule has 4 N–H and O–H groups in total. The molecule has 1 amide bonds. The van der Waals surface area contributed by atoms with Crippen molar-refractivity contribution in [3.05, 3.63) is 46.2 Å². The van der Waals surface area contributed by atoms with Crippen LogP contribution < -0.4 is 11.5 Å². The van der Waals surface area contributed by atoms with E-state index in [0.717, 1.165) is 0 Å². The van der Waals surface area contributed by atoms with Gasteiger partial charge in [0.15, 0.2) is 5.69 Å². The number of methoxy groups -OCH3 is 1. The van der Waals surface area contributed by atoms with Gasteiger partial charge in [0.1, 0.15) is 6.07 Å². The summed E-state index contributed by atoms with van der Waals surface area (Å²) in [5.74, 6) is -1.48. The Hall–Kier alpha value is -2.98. The third kappa shape index (κ3) is 2.47. The van der Waals surface area contributed by atoms with Gasteiger partial charge in [-0.05, 0) is 18.2 Å². The Kier molecular flexibility index (Phi) is 4.06. The summed E-state index contributed by atoms with van der Waals surface area (Å²) < 4.78 is 5.96. The van der Waals surface area contributed by atoms with E-state index < -0.39 is 11.9 Å². The van der Waals surface area contributed by atoms with Crippen molar-refractivity contribution in [1.29, 1.82) is 5.26 Å². The summed E-state index contributed by atoms with van der Waals surface area (Å²) in [6.45, 7) is 0. The molecule has 1 heterocycles. The quantitative estimate of drug-likeness (QED) is 0.829. The van der Waals surface area contributed by atoms with Gasteiger partial charge in [-0.2, -0.15) is 5.26 Å². The molecule has 0 saturated heterocycles. The van der Waals surface area contributed by atoms with Crippen LogP contribution in [0.15, 0.2) is 24.4 Å². The number of esters is 1. The van der Waals surface area contributed by atoms with Gasteiger partial charge < -0.3 is 20.8 Å². The first-order valence-corrected chi connectivity index (χ1v) is 6.37. The minimum atomic E-state index is -0.746. The Morgan fingerprint density at radius 2 is 2.09 bits per heavy atom. The molecule has 2 aromatic rings. The number of ether oxygens (including phenoxy) is 1. The Labute approximate surface area is 130 Å². The molecular weight excluding hydrogens is 308 g/mol. The lowest BCUT2D eigenvalue weighted by molar-refractivity contribution is 0.0592. The molecule has 2 rings (SSSR count). The first-order valence-electron chi connectivity index (χ1n) is 5.99. The topological polar surface area (TPSA) is 124 Å². The summed E-state index contributed by atoms with van der Waals surface area (Å²) in [7, 11) is 1.18. The Morgan fingerprint density at radius 1 is 1.41 bits per heavy atom. The number of halogens is 1. The fourth-order valence-corrected chi connectivity index (χ4v) is 2.19. The predicted octanol–water partition coefficient (Wildman–Crippen LogP) is 1.47. The van der Waals surface area contributed by atoms with Gasteiger partial charge in [-0.3, -0.25) is 4.79 Å². The lowest BCUT2D eigenvalue weighted by Crippen LogP contribution is -2.17. The van der Waals surface area contributed by atoms with E-state index in [1.54, 1.807) is 0 Å². The maximum Gasteiger partial charge on any atom is 0.357 e. The number of nitrogen functional groups attached to an aromatic ring is 1. The molecule has 0 spiro atoms. The van der Waals surface area contributed by atoms with Crippen LogP contribution >= 0.6 is 11.6 Å². The van der Waals surface area contributed by atoms with Crippen LogP contribution in [0.5, 0.6) is 0 Å². The minimum Gasteiger partial charge on any atom is -0.464 e. The Bertz CT molecular complexity index is 820.